The van der Waals surface area contributed by atoms with Crippen LogP contribution in [-0.2, 0) is 29.6 Å². The number of imidazole rings is 1. The first-order chi connectivity index (χ1) is 26.4. The summed E-state index contributed by atoms with van der Waals surface area (Å²) >= 11 is 0. The zero-order chi connectivity index (χ0) is 41.0. The topological polar surface area (TPSA) is 138 Å². The molecule has 5 aromatic rings. The third-order valence-corrected chi connectivity index (χ3v) is 7.99. The Bertz CT molecular complexity index is 2010. The number of carboxylic acid groups (broad SMARTS) is 1. The summed E-state index contributed by atoms with van der Waals surface area (Å²) in [5, 5.41) is 6.89. The van der Waals surface area contributed by atoms with E-state index in [1.54, 1.807) is 31.3 Å². The number of ether oxygens (including phenoxy) is 2. The average Bonchev–Trinajstić information content (AvgIpc) is 3.72. The predicted octanol–water partition coefficient (Wildman–Crippen LogP) is 8.92. The molecular formula is C42H53F3N6O4. The molecule has 0 amide bonds. The fraction of sp³-hybridized carbons (Fsp3) is 0.357. The molecule has 3 N–H and O–H groups in total. The Hall–Kier alpha value is -5.56. The summed E-state index contributed by atoms with van der Waals surface area (Å²) in [5.74, 6) is 0.189. The summed E-state index contributed by atoms with van der Waals surface area (Å²) in [6, 6.07) is 17.5. The van der Waals surface area contributed by atoms with Crippen molar-refractivity contribution in [2.75, 3.05) is 27.4 Å². The molecule has 4 heterocycles. The lowest BCUT2D eigenvalue weighted by atomic mass is 9.94. The molecule has 2 aromatic carbocycles. The SMILES string of the molecule is CC1(C)CCOC1.CCC.CF.CN=C/C(=C\N)c1cc(F)c(COc2cccc(-c3ccc(Cc4nc5ccc(C)cc5n4C)cc3F)n2)cn1.O=CO. The third-order valence-electron chi connectivity index (χ3n) is 7.99. The number of hydrogen-bond acceptors (Lipinski definition) is 8. The monoisotopic (exact) mass is 762 g/mol. The third kappa shape index (κ3) is 14.0. The van der Waals surface area contributed by atoms with Crippen LogP contribution in [0.2, 0.25) is 0 Å². The number of carbonyl (C=O) groups is 1. The van der Waals surface area contributed by atoms with Gasteiger partial charge in [-0.3, -0.25) is 19.2 Å². The van der Waals surface area contributed by atoms with E-state index in [1.807, 2.05) is 36.7 Å². The Morgan fingerprint density at radius 1 is 1.07 bits per heavy atom. The number of aromatic nitrogens is 4. The van der Waals surface area contributed by atoms with Crippen molar-refractivity contribution < 1.29 is 32.5 Å². The molecule has 1 aliphatic heterocycles. The number of benzene rings is 2. The van der Waals surface area contributed by atoms with Crippen molar-refractivity contribution in [3.8, 4) is 17.1 Å². The summed E-state index contributed by atoms with van der Waals surface area (Å²) < 4.78 is 52.3. The number of rotatable bonds is 8. The highest BCUT2D eigenvalue weighted by Crippen LogP contribution is 2.27. The van der Waals surface area contributed by atoms with Gasteiger partial charge in [-0.1, -0.05) is 52.3 Å². The second kappa shape index (κ2) is 23.3. The molecule has 0 aliphatic carbocycles. The van der Waals surface area contributed by atoms with Gasteiger partial charge in [0.25, 0.3) is 6.47 Å². The van der Waals surface area contributed by atoms with Gasteiger partial charge in [0.1, 0.15) is 24.1 Å². The second-order valence-electron chi connectivity index (χ2n) is 13.2. The number of nitrogens with zero attached hydrogens (tertiary/aromatic N) is 5. The van der Waals surface area contributed by atoms with Crippen LogP contribution in [-0.4, -0.2) is 64.8 Å². The first-order valence-electron chi connectivity index (χ1n) is 17.7. The zero-order valence-electron chi connectivity index (χ0n) is 32.9. The molecule has 0 unspecified atom stereocenters. The maximum Gasteiger partial charge on any atom is 0.290 e. The molecule has 0 spiro atoms. The van der Waals surface area contributed by atoms with Crippen LogP contribution in [0, 0.1) is 24.0 Å². The van der Waals surface area contributed by atoms with Crippen molar-refractivity contribution in [2.24, 2.45) is 23.2 Å². The molecule has 0 atom stereocenters. The van der Waals surface area contributed by atoms with Crippen molar-refractivity contribution in [1.82, 2.24) is 19.5 Å². The van der Waals surface area contributed by atoms with Crippen LogP contribution < -0.4 is 10.5 Å². The molecule has 1 fully saturated rings. The summed E-state index contributed by atoms with van der Waals surface area (Å²) in [6.07, 6.45) is 7.16. The number of aliphatic imine (C=N–C) groups is 1. The van der Waals surface area contributed by atoms with Gasteiger partial charge in [0.15, 0.2) is 0 Å². The van der Waals surface area contributed by atoms with E-state index in [0.717, 1.165) is 41.2 Å². The highest BCUT2D eigenvalue weighted by atomic mass is 19.1. The van der Waals surface area contributed by atoms with E-state index in [-0.39, 0.29) is 24.5 Å². The highest BCUT2D eigenvalue weighted by molar-refractivity contribution is 6.08. The average molecular weight is 763 g/mol. The lowest BCUT2D eigenvalue weighted by molar-refractivity contribution is -0.122. The van der Waals surface area contributed by atoms with E-state index in [9.17, 15) is 8.78 Å². The van der Waals surface area contributed by atoms with Crippen molar-refractivity contribution in [1.29, 1.82) is 0 Å². The standard InChI is InChI=1S/C31H28F2N6O.C6H12O.C3H8.CH3F.CH2O2/c1-19-7-10-27-29(11-19)39(3)30(37-27)13-20-8-9-23(25(33)12-20)26-5-4-6-31(38-26)40-18-22-17-36-28(14-24(22)32)21(15-34)16-35-2;1-6(2)3-4-7-5-6;1-3-2;1-2;2-1-3/h4-12,14-17H,13,18,34H2,1-3H3;3-5H2,1-2H3;3H2,1-2H3;1H3;1H,(H,2,3)/b21-15+,35-16?;;;;. The Morgan fingerprint density at radius 2 is 1.78 bits per heavy atom. The molecule has 10 nitrogen and oxygen atoms in total. The van der Waals surface area contributed by atoms with Gasteiger partial charge >= 0.3 is 0 Å². The first-order valence-corrected chi connectivity index (χ1v) is 17.7. The van der Waals surface area contributed by atoms with Gasteiger partial charge in [0, 0.05) is 74.6 Å². The first kappa shape index (κ1) is 45.6. The normalized spacial score (nSPS) is 13.0. The van der Waals surface area contributed by atoms with Crippen LogP contribution in [0.15, 0.2) is 78.1 Å². The van der Waals surface area contributed by atoms with Gasteiger partial charge in [-0.05, 0) is 60.2 Å². The summed E-state index contributed by atoms with van der Waals surface area (Å²) in [7, 11) is 4.06. The minimum Gasteiger partial charge on any atom is -0.483 e. The molecule has 0 saturated carbocycles. The van der Waals surface area contributed by atoms with Gasteiger partial charge in [0.2, 0.25) is 5.88 Å². The van der Waals surface area contributed by atoms with E-state index in [1.165, 1.54) is 43.6 Å². The largest absolute Gasteiger partial charge is 0.483 e. The van der Waals surface area contributed by atoms with E-state index in [2.05, 4.69) is 48.7 Å². The quantitative estimate of drug-likeness (QED) is 0.118. The summed E-state index contributed by atoms with van der Waals surface area (Å²) in [6.45, 7) is 12.3. The maximum atomic E-state index is 15.2. The number of pyridine rings is 2. The number of alkyl halides is 1. The second-order valence-corrected chi connectivity index (χ2v) is 13.2. The molecule has 0 radical (unpaired) electrons. The van der Waals surface area contributed by atoms with E-state index in [0.29, 0.717) is 41.5 Å². The Kier molecular flexibility index (Phi) is 19.3. The minimum atomic E-state index is -0.498. The molecule has 296 valence electrons. The Morgan fingerprint density at radius 3 is 2.35 bits per heavy atom. The van der Waals surface area contributed by atoms with Crippen LogP contribution >= 0.6 is 0 Å². The molecule has 1 saturated heterocycles. The van der Waals surface area contributed by atoms with Gasteiger partial charge in [0.05, 0.1) is 36.2 Å². The van der Waals surface area contributed by atoms with Crippen molar-refractivity contribution in [3.05, 3.63) is 113 Å². The molecule has 6 rings (SSSR count). The predicted molar refractivity (Wildman–Crippen MR) is 214 cm³/mol. The minimum absolute atomic E-state index is 0.0991. The van der Waals surface area contributed by atoms with Crippen LogP contribution in [0.4, 0.5) is 13.2 Å². The lowest BCUT2D eigenvalue weighted by Crippen LogP contribution is -2.08. The Labute approximate surface area is 322 Å². The number of nitrogens with two attached hydrogens (primary N) is 1. The number of halogens is 3. The van der Waals surface area contributed by atoms with Crippen LogP contribution in [0.5, 0.6) is 5.88 Å². The van der Waals surface area contributed by atoms with Crippen LogP contribution in [0.1, 0.15) is 68.7 Å². The van der Waals surface area contributed by atoms with Crippen molar-refractivity contribution in [2.45, 2.75) is 60.5 Å². The Balaban J connectivity index is 0.000000593. The van der Waals surface area contributed by atoms with E-state index in [4.69, 9.17) is 30.1 Å². The highest BCUT2D eigenvalue weighted by Gasteiger charge is 2.23. The molecular weight excluding hydrogens is 709 g/mol. The fourth-order valence-electron chi connectivity index (χ4n) is 5.19. The molecule has 3 aromatic heterocycles. The molecule has 0 bridgehead atoms. The number of fused-ring (bicyclic) bond motifs is 1. The van der Waals surface area contributed by atoms with Crippen LogP contribution in [0.25, 0.3) is 27.9 Å². The summed E-state index contributed by atoms with van der Waals surface area (Å²) in [4.78, 5) is 25.6. The zero-order valence-corrected chi connectivity index (χ0v) is 32.9. The molecule has 1 aliphatic rings. The molecule has 55 heavy (non-hydrogen) atoms. The van der Waals surface area contributed by atoms with Crippen molar-refractivity contribution in [3.63, 3.8) is 0 Å². The fourth-order valence-corrected chi connectivity index (χ4v) is 5.19. The maximum absolute atomic E-state index is 15.2. The summed E-state index contributed by atoms with van der Waals surface area (Å²) in [5.41, 5.74) is 11.8. The van der Waals surface area contributed by atoms with E-state index >= 15 is 4.39 Å². The molecule has 13 heteroatoms. The van der Waals surface area contributed by atoms with Gasteiger partial charge in [-0.15, -0.1) is 0 Å². The van der Waals surface area contributed by atoms with E-state index < -0.39 is 11.6 Å². The number of allylic oxidation sites excluding steroid dienone is 1. The number of hydrogen-bond donors (Lipinski definition) is 2. The van der Waals surface area contributed by atoms with Gasteiger partial charge < -0.3 is 24.9 Å². The van der Waals surface area contributed by atoms with Crippen molar-refractivity contribution >= 4 is 29.3 Å². The number of aryl methyl sites for hydroxylation is 2. The van der Waals surface area contributed by atoms with Gasteiger partial charge in [-0.2, -0.15) is 0 Å². The van der Waals surface area contributed by atoms with Crippen LogP contribution in [0.3, 0.4) is 0 Å². The lowest BCUT2D eigenvalue weighted by Gasteiger charge is -2.11. The van der Waals surface area contributed by atoms with Gasteiger partial charge in [-0.25, -0.2) is 18.7 Å². The smallest absolute Gasteiger partial charge is 0.290 e.